The number of hydrogen-bond donors (Lipinski definition) is 1. The lowest BCUT2D eigenvalue weighted by molar-refractivity contribution is -0.127. The summed E-state index contributed by atoms with van der Waals surface area (Å²) in [5.74, 6) is 0.890. The molecule has 5 nitrogen and oxygen atoms in total. The maximum absolute atomic E-state index is 12.2. The van der Waals surface area contributed by atoms with Gasteiger partial charge in [0.25, 0.3) is 5.91 Å². The Hall–Kier alpha value is -1.56. The van der Waals surface area contributed by atoms with Crippen LogP contribution in [0.25, 0.3) is 0 Å². The zero-order valence-electron chi connectivity index (χ0n) is 14.1. The Balaban J connectivity index is 2.03. The third kappa shape index (κ3) is 4.70. The van der Waals surface area contributed by atoms with E-state index >= 15 is 0 Å². The maximum atomic E-state index is 12.2. The van der Waals surface area contributed by atoms with E-state index in [4.69, 9.17) is 4.74 Å². The molecule has 0 saturated carbocycles. The van der Waals surface area contributed by atoms with E-state index in [0.717, 1.165) is 11.1 Å². The van der Waals surface area contributed by atoms with Gasteiger partial charge in [0.2, 0.25) is 0 Å². The van der Waals surface area contributed by atoms with Crippen LogP contribution in [0.15, 0.2) is 18.2 Å². The second-order valence-corrected chi connectivity index (χ2v) is 8.79. The lowest BCUT2D eigenvalue weighted by Gasteiger charge is -2.20. The van der Waals surface area contributed by atoms with Gasteiger partial charge in [-0.25, -0.2) is 8.42 Å². The van der Waals surface area contributed by atoms with Crippen LogP contribution in [0.1, 0.15) is 44.2 Å². The summed E-state index contributed by atoms with van der Waals surface area (Å²) in [7, 11) is -3.00. The highest BCUT2D eigenvalue weighted by atomic mass is 32.2. The molecule has 128 valence electrons. The van der Waals surface area contributed by atoms with Gasteiger partial charge in [-0.05, 0) is 43.4 Å². The quantitative estimate of drug-likeness (QED) is 0.892. The van der Waals surface area contributed by atoms with Crippen molar-refractivity contribution in [1.29, 1.82) is 0 Å². The first-order valence-corrected chi connectivity index (χ1v) is 9.78. The molecule has 1 aromatic carbocycles. The van der Waals surface area contributed by atoms with Crippen LogP contribution >= 0.6 is 0 Å². The summed E-state index contributed by atoms with van der Waals surface area (Å²) in [5, 5.41) is 2.77. The van der Waals surface area contributed by atoms with E-state index in [0.29, 0.717) is 18.1 Å². The number of sulfone groups is 1. The number of aryl methyl sites for hydroxylation is 1. The molecule has 1 amide bonds. The van der Waals surface area contributed by atoms with Gasteiger partial charge in [-0.3, -0.25) is 4.79 Å². The van der Waals surface area contributed by atoms with Gasteiger partial charge >= 0.3 is 0 Å². The number of rotatable bonds is 5. The van der Waals surface area contributed by atoms with Crippen LogP contribution in [0.5, 0.6) is 5.75 Å². The van der Waals surface area contributed by atoms with Crippen LogP contribution in [-0.4, -0.2) is 38.0 Å². The number of ether oxygens (including phenoxy) is 1. The molecule has 0 aliphatic carbocycles. The third-order valence-electron chi connectivity index (χ3n) is 4.04. The first-order valence-electron chi connectivity index (χ1n) is 7.96. The SMILES string of the molecule is Cc1ccc(C(C)C)c(O[C@@H](C)C(=O)N[C@H]2CCS(=O)(=O)C2)c1. The van der Waals surface area contributed by atoms with E-state index in [1.54, 1.807) is 6.92 Å². The average Bonchev–Trinajstić information content (AvgIpc) is 2.77. The summed E-state index contributed by atoms with van der Waals surface area (Å²) in [5.41, 5.74) is 2.12. The summed E-state index contributed by atoms with van der Waals surface area (Å²) in [6, 6.07) is 5.67. The Bertz CT molecular complexity index is 682. The molecular weight excluding hydrogens is 314 g/mol. The van der Waals surface area contributed by atoms with Gasteiger partial charge < -0.3 is 10.1 Å². The fourth-order valence-corrected chi connectivity index (χ4v) is 4.37. The largest absolute Gasteiger partial charge is 0.481 e. The highest BCUT2D eigenvalue weighted by Crippen LogP contribution is 2.28. The first-order chi connectivity index (χ1) is 10.7. The highest BCUT2D eigenvalue weighted by molar-refractivity contribution is 7.91. The van der Waals surface area contributed by atoms with Crippen LogP contribution in [-0.2, 0) is 14.6 Å². The molecule has 1 aliphatic heterocycles. The van der Waals surface area contributed by atoms with Crippen molar-refractivity contribution in [3.8, 4) is 5.75 Å². The average molecular weight is 339 g/mol. The first kappa shape index (κ1) is 17.8. The summed E-state index contributed by atoms with van der Waals surface area (Å²) in [4.78, 5) is 12.2. The van der Waals surface area contributed by atoms with Crippen molar-refractivity contribution in [2.24, 2.45) is 0 Å². The topological polar surface area (TPSA) is 72.5 Å². The number of amides is 1. The van der Waals surface area contributed by atoms with Crippen molar-refractivity contribution in [2.75, 3.05) is 11.5 Å². The molecule has 0 unspecified atom stereocenters. The lowest BCUT2D eigenvalue weighted by atomic mass is 10.0. The standard InChI is InChI=1S/C17H25NO4S/c1-11(2)15-6-5-12(3)9-16(15)22-13(4)17(19)18-14-7-8-23(20,21)10-14/h5-6,9,11,13-14H,7-8,10H2,1-4H3,(H,18,19)/t13-,14-/m0/s1. The van der Waals surface area contributed by atoms with E-state index in [2.05, 4.69) is 19.2 Å². The Morgan fingerprint density at radius 1 is 1.30 bits per heavy atom. The molecule has 1 aliphatic rings. The fourth-order valence-electron chi connectivity index (χ4n) is 2.69. The molecule has 0 spiro atoms. The molecule has 2 rings (SSSR count). The Labute approximate surface area is 138 Å². The van der Waals surface area contributed by atoms with Gasteiger partial charge in [-0.2, -0.15) is 0 Å². The zero-order valence-corrected chi connectivity index (χ0v) is 14.9. The molecule has 2 atom stereocenters. The predicted octanol–water partition coefficient (Wildman–Crippen LogP) is 2.19. The van der Waals surface area contributed by atoms with E-state index in [1.807, 2.05) is 25.1 Å². The molecule has 1 fully saturated rings. The van der Waals surface area contributed by atoms with Crippen LogP contribution in [0.2, 0.25) is 0 Å². The number of benzene rings is 1. The second kappa shape index (κ2) is 6.91. The van der Waals surface area contributed by atoms with Crippen molar-refractivity contribution >= 4 is 15.7 Å². The molecule has 1 N–H and O–H groups in total. The van der Waals surface area contributed by atoms with Crippen molar-refractivity contribution < 1.29 is 17.9 Å². The zero-order chi connectivity index (χ0) is 17.2. The molecule has 23 heavy (non-hydrogen) atoms. The molecule has 0 aromatic heterocycles. The van der Waals surface area contributed by atoms with Gasteiger partial charge in [0.05, 0.1) is 11.5 Å². The molecule has 0 radical (unpaired) electrons. The summed E-state index contributed by atoms with van der Waals surface area (Å²) in [6.45, 7) is 7.81. The van der Waals surface area contributed by atoms with Gasteiger partial charge in [0, 0.05) is 6.04 Å². The summed E-state index contributed by atoms with van der Waals surface area (Å²) < 4.78 is 28.8. The minimum absolute atomic E-state index is 0.0210. The summed E-state index contributed by atoms with van der Waals surface area (Å²) in [6.07, 6.45) is -0.194. The second-order valence-electron chi connectivity index (χ2n) is 6.56. The predicted molar refractivity (Wildman–Crippen MR) is 90.6 cm³/mol. The Morgan fingerprint density at radius 2 is 2.00 bits per heavy atom. The molecule has 1 aromatic rings. The minimum atomic E-state index is -3.00. The minimum Gasteiger partial charge on any atom is -0.481 e. The van der Waals surface area contributed by atoms with Gasteiger partial charge in [-0.15, -0.1) is 0 Å². The van der Waals surface area contributed by atoms with Gasteiger partial charge in [0.15, 0.2) is 15.9 Å². The molecule has 1 heterocycles. The van der Waals surface area contributed by atoms with Crippen molar-refractivity contribution in [2.45, 2.75) is 52.2 Å². The monoisotopic (exact) mass is 339 g/mol. The van der Waals surface area contributed by atoms with Gasteiger partial charge in [0.1, 0.15) is 5.75 Å². The van der Waals surface area contributed by atoms with Crippen LogP contribution in [0.4, 0.5) is 0 Å². The smallest absolute Gasteiger partial charge is 0.261 e. The third-order valence-corrected chi connectivity index (χ3v) is 5.81. The number of carbonyl (C=O) groups is 1. The van der Waals surface area contributed by atoms with Crippen LogP contribution < -0.4 is 10.1 Å². The Morgan fingerprint density at radius 3 is 2.57 bits per heavy atom. The van der Waals surface area contributed by atoms with Crippen LogP contribution in [0, 0.1) is 6.92 Å². The maximum Gasteiger partial charge on any atom is 0.261 e. The molecule has 0 bridgehead atoms. The summed E-state index contributed by atoms with van der Waals surface area (Å²) >= 11 is 0. The van der Waals surface area contributed by atoms with Gasteiger partial charge in [-0.1, -0.05) is 26.0 Å². The van der Waals surface area contributed by atoms with Crippen molar-refractivity contribution in [1.82, 2.24) is 5.32 Å². The number of carbonyl (C=O) groups excluding carboxylic acids is 1. The highest BCUT2D eigenvalue weighted by Gasteiger charge is 2.30. The van der Waals surface area contributed by atoms with Crippen LogP contribution in [0.3, 0.4) is 0 Å². The lowest BCUT2D eigenvalue weighted by Crippen LogP contribution is -2.43. The van der Waals surface area contributed by atoms with E-state index in [9.17, 15) is 13.2 Å². The number of nitrogens with one attached hydrogen (secondary N) is 1. The molecular formula is C17H25NO4S. The molecule has 1 saturated heterocycles. The van der Waals surface area contributed by atoms with E-state index < -0.39 is 15.9 Å². The van der Waals surface area contributed by atoms with E-state index in [-0.39, 0.29) is 23.5 Å². The van der Waals surface area contributed by atoms with Crippen molar-refractivity contribution in [3.63, 3.8) is 0 Å². The normalized spacial score (nSPS) is 21.2. The fraction of sp³-hybridized carbons (Fsp3) is 0.588. The molecule has 6 heteroatoms. The van der Waals surface area contributed by atoms with Crippen molar-refractivity contribution in [3.05, 3.63) is 29.3 Å². The van der Waals surface area contributed by atoms with E-state index in [1.165, 1.54) is 0 Å². The number of hydrogen-bond acceptors (Lipinski definition) is 4. The Kier molecular flexibility index (Phi) is 5.34.